The monoisotopic (exact) mass is 229 g/mol. The van der Waals surface area contributed by atoms with E-state index in [1.54, 1.807) is 13.0 Å². The van der Waals surface area contributed by atoms with Gasteiger partial charge in [-0.3, -0.25) is 0 Å². The lowest BCUT2D eigenvalue weighted by atomic mass is 9.89. The van der Waals surface area contributed by atoms with Crippen LogP contribution in [0.5, 0.6) is 0 Å². The van der Waals surface area contributed by atoms with E-state index in [1.807, 2.05) is 0 Å². The first-order valence-corrected chi connectivity index (χ1v) is 5.17. The number of carbonyl (C=O) groups is 1. The Hall–Kier alpha value is -1.44. The Kier molecular flexibility index (Phi) is 3.99. The highest BCUT2D eigenvalue weighted by Crippen LogP contribution is 2.37. The number of carbonyl (C=O) groups excluding carboxylic acids is 1. The van der Waals surface area contributed by atoms with Crippen LogP contribution in [0, 0.1) is 11.3 Å². The summed E-state index contributed by atoms with van der Waals surface area (Å²) in [4.78, 5) is 11.3. The van der Waals surface area contributed by atoms with E-state index in [0.29, 0.717) is 5.57 Å². The van der Waals surface area contributed by atoms with Gasteiger partial charge in [-0.25, -0.2) is 13.6 Å². The molecule has 1 rings (SSSR count). The molecule has 88 valence electrons. The van der Waals surface area contributed by atoms with Gasteiger partial charge in [0.15, 0.2) is 0 Å². The van der Waals surface area contributed by atoms with Crippen LogP contribution in [-0.2, 0) is 9.53 Å². The largest absolute Gasteiger partial charge is 0.462 e. The molecule has 0 saturated heterocycles. The number of alkyl halides is 2. The predicted molar refractivity (Wildman–Crippen MR) is 52.7 cm³/mol. The molecule has 1 saturated carbocycles. The summed E-state index contributed by atoms with van der Waals surface area (Å²) >= 11 is 0. The summed E-state index contributed by atoms with van der Waals surface area (Å²) < 4.78 is 30.4. The molecule has 16 heavy (non-hydrogen) atoms. The van der Waals surface area contributed by atoms with Crippen LogP contribution < -0.4 is 0 Å². The number of esters is 1. The maximum Gasteiger partial charge on any atom is 0.348 e. The number of rotatable bonds is 2. The van der Waals surface area contributed by atoms with Crippen molar-refractivity contribution < 1.29 is 18.3 Å². The van der Waals surface area contributed by atoms with Crippen LogP contribution in [0.3, 0.4) is 0 Å². The SMILES string of the molecule is CCOC(=O)C(C#N)=C1CCC(F)(F)CC1. The third-order valence-electron chi connectivity index (χ3n) is 2.53. The zero-order chi connectivity index (χ0) is 12.2. The van der Waals surface area contributed by atoms with Gasteiger partial charge in [0.1, 0.15) is 11.6 Å². The Morgan fingerprint density at radius 3 is 2.50 bits per heavy atom. The number of nitrogens with zero attached hydrogens (tertiary/aromatic N) is 1. The van der Waals surface area contributed by atoms with Gasteiger partial charge in [0.2, 0.25) is 5.92 Å². The minimum Gasteiger partial charge on any atom is -0.462 e. The lowest BCUT2D eigenvalue weighted by molar-refractivity contribution is -0.138. The molecule has 3 nitrogen and oxygen atoms in total. The van der Waals surface area contributed by atoms with E-state index in [9.17, 15) is 13.6 Å². The summed E-state index contributed by atoms with van der Waals surface area (Å²) in [6.07, 6.45) is -0.413. The minimum atomic E-state index is -2.67. The smallest absolute Gasteiger partial charge is 0.348 e. The number of ether oxygens (including phenoxy) is 1. The average molecular weight is 229 g/mol. The Labute approximate surface area is 92.7 Å². The standard InChI is InChI=1S/C11H13F2NO2/c1-2-16-10(15)9(7-14)8-3-5-11(12,13)6-4-8/h2-6H2,1H3. The topological polar surface area (TPSA) is 50.1 Å². The predicted octanol–water partition coefficient (Wildman–Crippen LogP) is 2.58. The Morgan fingerprint density at radius 2 is 2.06 bits per heavy atom. The Bertz CT molecular complexity index is 343. The van der Waals surface area contributed by atoms with E-state index in [1.165, 1.54) is 0 Å². The van der Waals surface area contributed by atoms with Gasteiger partial charge in [-0.1, -0.05) is 0 Å². The highest BCUT2D eigenvalue weighted by Gasteiger charge is 2.34. The van der Waals surface area contributed by atoms with E-state index in [0.717, 1.165) is 0 Å². The van der Waals surface area contributed by atoms with Crippen LogP contribution >= 0.6 is 0 Å². The van der Waals surface area contributed by atoms with E-state index in [4.69, 9.17) is 10.00 Å². The van der Waals surface area contributed by atoms with Gasteiger partial charge in [-0.05, 0) is 25.3 Å². The molecule has 0 atom stereocenters. The van der Waals surface area contributed by atoms with E-state index >= 15 is 0 Å². The second-order valence-electron chi connectivity index (χ2n) is 3.67. The fourth-order valence-corrected chi connectivity index (χ4v) is 1.64. The molecule has 1 aliphatic rings. The van der Waals surface area contributed by atoms with Crippen molar-refractivity contribution in [3.05, 3.63) is 11.1 Å². The summed E-state index contributed by atoms with van der Waals surface area (Å²) in [7, 11) is 0. The molecular formula is C11H13F2NO2. The molecule has 0 aliphatic heterocycles. The fourth-order valence-electron chi connectivity index (χ4n) is 1.64. The van der Waals surface area contributed by atoms with E-state index in [-0.39, 0.29) is 37.9 Å². The van der Waals surface area contributed by atoms with Crippen molar-refractivity contribution in [2.24, 2.45) is 0 Å². The van der Waals surface area contributed by atoms with Crippen LogP contribution in [0.15, 0.2) is 11.1 Å². The van der Waals surface area contributed by atoms with Crippen molar-refractivity contribution in [3.8, 4) is 6.07 Å². The first-order chi connectivity index (χ1) is 7.50. The molecule has 0 heterocycles. The zero-order valence-electron chi connectivity index (χ0n) is 9.06. The maximum absolute atomic E-state index is 12.9. The van der Waals surface area contributed by atoms with Crippen LogP contribution in [0.1, 0.15) is 32.6 Å². The summed E-state index contributed by atoms with van der Waals surface area (Å²) in [5.41, 5.74) is 0.393. The lowest BCUT2D eigenvalue weighted by Crippen LogP contribution is -2.22. The first kappa shape index (κ1) is 12.6. The second-order valence-corrected chi connectivity index (χ2v) is 3.67. The normalized spacial score (nSPS) is 18.8. The number of hydrogen-bond acceptors (Lipinski definition) is 3. The summed E-state index contributed by atoms with van der Waals surface area (Å²) in [5.74, 6) is -3.37. The summed E-state index contributed by atoms with van der Waals surface area (Å²) in [5, 5.41) is 8.81. The molecule has 0 N–H and O–H groups in total. The number of nitriles is 1. The lowest BCUT2D eigenvalue weighted by Gasteiger charge is -2.23. The van der Waals surface area contributed by atoms with Crippen molar-refractivity contribution in [2.75, 3.05) is 6.61 Å². The van der Waals surface area contributed by atoms with Crippen LogP contribution in [-0.4, -0.2) is 18.5 Å². The average Bonchev–Trinajstić information content (AvgIpc) is 2.22. The molecule has 0 aromatic carbocycles. The highest BCUT2D eigenvalue weighted by molar-refractivity contribution is 5.93. The van der Waals surface area contributed by atoms with Gasteiger partial charge >= 0.3 is 5.97 Å². The third-order valence-corrected chi connectivity index (χ3v) is 2.53. The van der Waals surface area contributed by atoms with E-state index < -0.39 is 11.9 Å². The fraction of sp³-hybridized carbons (Fsp3) is 0.636. The molecule has 0 aromatic rings. The van der Waals surface area contributed by atoms with Crippen molar-refractivity contribution in [2.45, 2.75) is 38.5 Å². The quantitative estimate of drug-likeness (QED) is 0.415. The third kappa shape index (κ3) is 3.02. The molecule has 0 spiro atoms. The van der Waals surface area contributed by atoms with Crippen LogP contribution in [0.4, 0.5) is 8.78 Å². The van der Waals surface area contributed by atoms with Crippen molar-refractivity contribution in [1.29, 1.82) is 5.26 Å². The van der Waals surface area contributed by atoms with E-state index in [2.05, 4.69) is 0 Å². The Balaban J connectivity index is 2.80. The molecule has 1 aliphatic carbocycles. The molecule has 5 heteroatoms. The molecule has 1 fully saturated rings. The molecule has 0 aromatic heterocycles. The summed E-state index contributed by atoms with van der Waals surface area (Å²) in [6, 6.07) is 1.74. The minimum absolute atomic E-state index is 0.0920. The van der Waals surface area contributed by atoms with Crippen molar-refractivity contribution in [1.82, 2.24) is 0 Å². The van der Waals surface area contributed by atoms with Crippen LogP contribution in [0.25, 0.3) is 0 Å². The van der Waals surface area contributed by atoms with Crippen LogP contribution in [0.2, 0.25) is 0 Å². The first-order valence-electron chi connectivity index (χ1n) is 5.17. The van der Waals surface area contributed by atoms with Gasteiger partial charge in [-0.15, -0.1) is 0 Å². The number of allylic oxidation sites excluding steroid dienone is 1. The van der Waals surface area contributed by atoms with Gasteiger partial charge < -0.3 is 4.74 Å². The van der Waals surface area contributed by atoms with Gasteiger partial charge in [-0.2, -0.15) is 5.26 Å². The van der Waals surface area contributed by atoms with Crippen molar-refractivity contribution >= 4 is 5.97 Å². The zero-order valence-corrected chi connectivity index (χ0v) is 9.06. The molecule has 0 bridgehead atoms. The van der Waals surface area contributed by atoms with Crippen molar-refractivity contribution in [3.63, 3.8) is 0 Å². The Morgan fingerprint density at radius 1 is 1.50 bits per heavy atom. The van der Waals surface area contributed by atoms with Gasteiger partial charge in [0, 0.05) is 12.8 Å². The molecule has 0 radical (unpaired) electrons. The molecule has 0 unspecified atom stereocenters. The number of halogens is 2. The van der Waals surface area contributed by atoms with Gasteiger partial charge in [0.05, 0.1) is 6.61 Å². The summed E-state index contributed by atoms with van der Waals surface area (Å²) in [6.45, 7) is 1.81. The molecular weight excluding hydrogens is 216 g/mol. The maximum atomic E-state index is 12.9. The van der Waals surface area contributed by atoms with Gasteiger partial charge in [0.25, 0.3) is 0 Å². The highest BCUT2D eigenvalue weighted by atomic mass is 19.3. The second kappa shape index (κ2) is 5.06. The number of hydrogen-bond donors (Lipinski definition) is 0. The molecule has 0 amide bonds.